The van der Waals surface area contributed by atoms with E-state index in [-0.39, 0.29) is 5.97 Å². The van der Waals surface area contributed by atoms with Crippen LogP contribution in [0.1, 0.15) is 42.7 Å². The molecular formula is C29H25Cl2NO2. The van der Waals surface area contributed by atoms with E-state index in [1.165, 1.54) is 6.08 Å². The van der Waals surface area contributed by atoms with Gasteiger partial charge in [-0.15, -0.1) is 0 Å². The van der Waals surface area contributed by atoms with Gasteiger partial charge in [-0.25, -0.2) is 4.79 Å². The number of halogens is 2. The van der Waals surface area contributed by atoms with Crippen LogP contribution in [0.3, 0.4) is 0 Å². The van der Waals surface area contributed by atoms with Crippen molar-refractivity contribution in [2.24, 2.45) is 0 Å². The predicted molar refractivity (Wildman–Crippen MR) is 143 cm³/mol. The Morgan fingerprint density at radius 2 is 1.59 bits per heavy atom. The van der Waals surface area contributed by atoms with E-state index in [0.717, 1.165) is 50.9 Å². The Kier molecular flexibility index (Phi) is 7.56. The van der Waals surface area contributed by atoms with Crippen molar-refractivity contribution in [2.45, 2.75) is 20.3 Å². The van der Waals surface area contributed by atoms with Crippen LogP contribution in [0.5, 0.6) is 0 Å². The van der Waals surface area contributed by atoms with E-state index in [9.17, 15) is 4.79 Å². The number of aromatic amines is 1. The summed E-state index contributed by atoms with van der Waals surface area (Å²) in [6.07, 6.45) is 3.99. The molecule has 0 radical (unpaired) electrons. The van der Waals surface area contributed by atoms with Gasteiger partial charge in [0.2, 0.25) is 0 Å². The van der Waals surface area contributed by atoms with Gasteiger partial charge < -0.3 is 9.72 Å². The number of hydrogen-bond donors (Lipinski definition) is 1. The Morgan fingerprint density at radius 1 is 0.912 bits per heavy atom. The number of H-pyrrole nitrogens is 1. The molecule has 0 saturated carbocycles. The number of rotatable bonds is 7. The van der Waals surface area contributed by atoms with E-state index in [0.29, 0.717) is 16.7 Å². The fourth-order valence-electron chi connectivity index (χ4n) is 4.04. The first-order valence-corrected chi connectivity index (χ1v) is 12.0. The number of para-hydroxylation sites is 1. The summed E-state index contributed by atoms with van der Waals surface area (Å²) in [5.41, 5.74) is 7.07. The Bertz CT molecular complexity index is 1360. The van der Waals surface area contributed by atoms with Gasteiger partial charge in [-0.2, -0.15) is 0 Å². The molecule has 0 fully saturated rings. The molecule has 1 N–H and O–H groups in total. The molecule has 0 aliphatic rings. The molecule has 1 aromatic heterocycles. The monoisotopic (exact) mass is 489 g/mol. The highest BCUT2D eigenvalue weighted by molar-refractivity contribution is 6.38. The second-order valence-corrected chi connectivity index (χ2v) is 8.60. The molecular weight excluding hydrogens is 465 g/mol. The molecule has 172 valence electrons. The van der Waals surface area contributed by atoms with E-state index in [2.05, 4.69) is 11.9 Å². The summed E-state index contributed by atoms with van der Waals surface area (Å²) in [4.78, 5) is 15.2. The molecule has 0 aliphatic carbocycles. The Morgan fingerprint density at radius 3 is 2.24 bits per heavy atom. The van der Waals surface area contributed by atoms with Crippen LogP contribution in [0.25, 0.3) is 28.1 Å². The van der Waals surface area contributed by atoms with Crippen LogP contribution in [-0.4, -0.2) is 17.6 Å². The minimum absolute atomic E-state index is 0.353. The standard InChI is InChI=1S/C29H25Cl2NO2/c1-3-23(20-14-16-22(30)17-15-20)27(29-28(31)24-7-5-6-8-25(24)32-29)21-12-9-19(10-13-21)11-18-26(33)34-4-2/h5-18,32H,3-4H2,1-2H3/b18-11+,27-23+. The Balaban J connectivity index is 1.87. The summed E-state index contributed by atoms with van der Waals surface area (Å²) in [5.74, 6) is -0.354. The average Bonchev–Trinajstić information content (AvgIpc) is 3.18. The lowest BCUT2D eigenvalue weighted by Crippen LogP contribution is -1.98. The molecule has 0 atom stereocenters. The van der Waals surface area contributed by atoms with Crippen molar-refractivity contribution in [1.29, 1.82) is 0 Å². The second-order valence-electron chi connectivity index (χ2n) is 7.78. The summed E-state index contributed by atoms with van der Waals surface area (Å²) >= 11 is 13.1. The van der Waals surface area contributed by atoms with Gasteiger partial charge in [0.25, 0.3) is 0 Å². The number of carbonyl (C=O) groups is 1. The van der Waals surface area contributed by atoms with Crippen molar-refractivity contribution in [2.75, 3.05) is 6.61 Å². The molecule has 4 aromatic rings. The first-order valence-electron chi connectivity index (χ1n) is 11.2. The van der Waals surface area contributed by atoms with Crippen molar-refractivity contribution in [1.82, 2.24) is 4.98 Å². The summed E-state index contributed by atoms with van der Waals surface area (Å²) in [6, 6.07) is 24.0. The van der Waals surface area contributed by atoms with E-state index in [1.54, 1.807) is 13.0 Å². The maximum absolute atomic E-state index is 11.7. The zero-order valence-electron chi connectivity index (χ0n) is 19.1. The molecule has 0 unspecified atom stereocenters. The summed E-state index contributed by atoms with van der Waals surface area (Å²) in [5, 5.41) is 2.37. The molecule has 5 heteroatoms. The quantitative estimate of drug-likeness (QED) is 0.161. The molecule has 34 heavy (non-hydrogen) atoms. The van der Waals surface area contributed by atoms with E-state index >= 15 is 0 Å². The van der Waals surface area contributed by atoms with Crippen LogP contribution in [0, 0.1) is 0 Å². The third-order valence-electron chi connectivity index (χ3n) is 5.64. The number of esters is 1. The largest absolute Gasteiger partial charge is 0.463 e. The summed E-state index contributed by atoms with van der Waals surface area (Å²) in [7, 11) is 0. The minimum atomic E-state index is -0.354. The van der Waals surface area contributed by atoms with Gasteiger partial charge in [0.05, 0.1) is 17.3 Å². The maximum Gasteiger partial charge on any atom is 0.330 e. The van der Waals surface area contributed by atoms with Crippen LogP contribution in [0.2, 0.25) is 10.0 Å². The van der Waals surface area contributed by atoms with Gasteiger partial charge >= 0.3 is 5.97 Å². The van der Waals surface area contributed by atoms with Gasteiger partial charge in [-0.3, -0.25) is 0 Å². The highest BCUT2D eigenvalue weighted by Gasteiger charge is 2.19. The second kappa shape index (κ2) is 10.8. The molecule has 3 aromatic carbocycles. The molecule has 4 rings (SSSR count). The van der Waals surface area contributed by atoms with Gasteiger partial charge in [0, 0.05) is 27.6 Å². The van der Waals surface area contributed by atoms with Gasteiger partial charge in [-0.1, -0.05) is 84.7 Å². The lowest BCUT2D eigenvalue weighted by molar-refractivity contribution is -0.137. The molecule has 0 amide bonds. The van der Waals surface area contributed by atoms with Crippen molar-refractivity contribution in [3.8, 4) is 0 Å². The number of ether oxygens (including phenoxy) is 1. The molecule has 0 saturated heterocycles. The fourth-order valence-corrected chi connectivity index (χ4v) is 4.47. The van der Waals surface area contributed by atoms with E-state index < -0.39 is 0 Å². The Labute approximate surface area is 209 Å². The molecule has 1 heterocycles. The zero-order chi connectivity index (χ0) is 24.1. The SMILES string of the molecule is CCOC(=O)/C=C/c1ccc(/C(=C(/CC)c2ccc(Cl)cc2)c2[nH]c3ccccc3c2Cl)cc1. The molecule has 0 spiro atoms. The average molecular weight is 490 g/mol. The maximum atomic E-state index is 11.7. The number of allylic oxidation sites excluding steroid dienone is 1. The van der Waals surface area contributed by atoms with Crippen LogP contribution in [0.15, 0.2) is 78.9 Å². The number of nitrogens with one attached hydrogen (secondary N) is 1. The number of aromatic nitrogens is 1. The summed E-state index contributed by atoms with van der Waals surface area (Å²) in [6.45, 7) is 4.28. The fraction of sp³-hybridized carbons (Fsp3) is 0.138. The molecule has 0 bridgehead atoms. The zero-order valence-corrected chi connectivity index (χ0v) is 20.6. The third kappa shape index (κ3) is 5.11. The number of benzene rings is 3. The van der Waals surface area contributed by atoms with Gasteiger partial charge in [-0.05, 0) is 59.9 Å². The van der Waals surface area contributed by atoms with Gasteiger partial charge in [0.1, 0.15) is 0 Å². The first-order chi connectivity index (χ1) is 16.5. The third-order valence-corrected chi connectivity index (χ3v) is 6.28. The topological polar surface area (TPSA) is 42.1 Å². The lowest BCUT2D eigenvalue weighted by Gasteiger charge is -2.16. The van der Waals surface area contributed by atoms with Crippen LogP contribution in [0.4, 0.5) is 0 Å². The Hall–Kier alpha value is -3.27. The minimum Gasteiger partial charge on any atom is -0.463 e. The highest BCUT2D eigenvalue weighted by atomic mass is 35.5. The van der Waals surface area contributed by atoms with Crippen molar-refractivity contribution >= 4 is 57.3 Å². The van der Waals surface area contributed by atoms with Crippen LogP contribution < -0.4 is 0 Å². The molecule has 3 nitrogen and oxygen atoms in total. The number of hydrogen-bond acceptors (Lipinski definition) is 2. The van der Waals surface area contributed by atoms with Crippen LogP contribution >= 0.6 is 23.2 Å². The normalized spacial score (nSPS) is 12.2. The van der Waals surface area contributed by atoms with E-state index in [1.807, 2.05) is 72.8 Å². The van der Waals surface area contributed by atoms with Crippen molar-refractivity contribution < 1.29 is 9.53 Å². The molecule has 0 aliphatic heterocycles. The lowest BCUT2D eigenvalue weighted by atomic mass is 9.90. The van der Waals surface area contributed by atoms with Crippen LogP contribution in [-0.2, 0) is 9.53 Å². The number of carbonyl (C=O) groups excluding carboxylic acids is 1. The van der Waals surface area contributed by atoms with Crippen molar-refractivity contribution in [3.63, 3.8) is 0 Å². The summed E-state index contributed by atoms with van der Waals surface area (Å²) < 4.78 is 4.97. The predicted octanol–water partition coefficient (Wildman–Crippen LogP) is 8.42. The highest BCUT2D eigenvalue weighted by Crippen LogP contribution is 2.40. The van der Waals surface area contributed by atoms with E-state index in [4.69, 9.17) is 27.9 Å². The van der Waals surface area contributed by atoms with Crippen molar-refractivity contribution in [3.05, 3.63) is 111 Å². The smallest absolute Gasteiger partial charge is 0.330 e. The number of fused-ring (bicyclic) bond motifs is 1. The van der Waals surface area contributed by atoms with Gasteiger partial charge in [0.15, 0.2) is 0 Å². The first kappa shape index (κ1) is 23.9.